The Morgan fingerprint density at radius 1 is 1.03 bits per heavy atom. The molecule has 3 aromatic carbocycles. The van der Waals surface area contributed by atoms with Crippen LogP contribution in [0.1, 0.15) is 15.9 Å². The summed E-state index contributed by atoms with van der Waals surface area (Å²) in [7, 11) is 1.10. The summed E-state index contributed by atoms with van der Waals surface area (Å²) in [6.07, 6.45) is -4.54. The van der Waals surface area contributed by atoms with Crippen LogP contribution in [0.2, 0.25) is 0 Å². The van der Waals surface area contributed by atoms with Crippen LogP contribution in [0.15, 0.2) is 63.8 Å². The number of aromatic hydroxyl groups is 1. The number of esters is 1. The van der Waals surface area contributed by atoms with Gasteiger partial charge < -0.3 is 14.3 Å². The first-order valence-electron chi connectivity index (χ1n) is 8.70. The van der Waals surface area contributed by atoms with Gasteiger partial charge in [0.05, 0.1) is 29.0 Å². The Morgan fingerprint density at radius 2 is 1.70 bits per heavy atom. The Morgan fingerprint density at radius 3 is 2.33 bits per heavy atom. The Labute approximate surface area is 166 Å². The fourth-order valence-electron chi connectivity index (χ4n) is 3.29. The van der Waals surface area contributed by atoms with Crippen molar-refractivity contribution in [2.24, 2.45) is 0 Å². The lowest BCUT2D eigenvalue weighted by atomic mass is 9.96. The molecule has 0 unspecified atom stereocenters. The molecular formula is C22H13F3O5. The predicted octanol–water partition coefficient (Wildman–Crippen LogP) is 5.12. The van der Waals surface area contributed by atoms with Crippen LogP contribution in [0, 0.1) is 0 Å². The van der Waals surface area contributed by atoms with Crippen molar-refractivity contribution in [3.8, 4) is 16.9 Å². The van der Waals surface area contributed by atoms with Gasteiger partial charge in [0.25, 0.3) is 0 Å². The lowest BCUT2D eigenvalue weighted by Crippen LogP contribution is -2.08. The van der Waals surface area contributed by atoms with E-state index in [1.54, 1.807) is 24.3 Å². The van der Waals surface area contributed by atoms with Crippen molar-refractivity contribution in [3.05, 3.63) is 75.9 Å². The Balaban J connectivity index is 2.12. The van der Waals surface area contributed by atoms with Crippen LogP contribution >= 0.6 is 0 Å². The maximum absolute atomic E-state index is 13.0. The third-order valence-corrected chi connectivity index (χ3v) is 4.75. The van der Waals surface area contributed by atoms with Gasteiger partial charge >= 0.3 is 12.1 Å². The third-order valence-electron chi connectivity index (χ3n) is 4.75. The van der Waals surface area contributed by atoms with Crippen LogP contribution < -0.4 is 5.43 Å². The van der Waals surface area contributed by atoms with Crippen molar-refractivity contribution in [2.45, 2.75) is 6.18 Å². The smallest absolute Gasteiger partial charge is 0.416 e. The van der Waals surface area contributed by atoms with Crippen molar-refractivity contribution in [2.75, 3.05) is 7.11 Å². The van der Waals surface area contributed by atoms with Crippen LogP contribution in [-0.2, 0) is 10.9 Å². The van der Waals surface area contributed by atoms with Crippen LogP contribution in [0.25, 0.3) is 33.1 Å². The molecule has 152 valence electrons. The van der Waals surface area contributed by atoms with Gasteiger partial charge in [0.15, 0.2) is 0 Å². The molecule has 0 saturated heterocycles. The van der Waals surface area contributed by atoms with E-state index in [1.807, 2.05) is 0 Å². The number of hydrogen-bond donors (Lipinski definition) is 1. The van der Waals surface area contributed by atoms with Gasteiger partial charge in [-0.1, -0.05) is 24.3 Å². The zero-order valence-electron chi connectivity index (χ0n) is 15.4. The maximum atomic E-state index is 13.0. The number of alkyl halides is 3. The monoisotopic (exact) mass is 414 g/mol. The number of carbonyl (C=O) groups excluding carboxylic acids is 1. The van der Waals surface area contributed by atoms with Gasteiger partial charge in [-0.15, -0.1) is 0 Å². The molecule has 0 aliphatic carbocycles. The minimum atomic E-state index is -4.54. The van der Waals surface area contributed by atoms with E-state index in [0.29, 0.717) is 0 Å². The van der Waals surface area contributed by atoms with E-state index >= 15 is 0 Å². The predicted molar refractivity (Wildman–Crippen MR) is 103 cm³/mol. The van der Waals surface area contributed by atoms with Crippen molar-refractivity contribution in [1.29, 1.82) is 0 Å². The van der Waals surface area contributed by atoms with Gasteiger partial charge in [-0.05, 0) is 35.9 Å². The molecule has 1 heterocycles. The highest BCUT2D eigenvalue weighted by molar-refractivity contribution is 6.07. The molecular weight excluding hydrogens is 401 g/mol. The molecule has 0 saturated carbocycles. The van der Waals surface area contributed by atoms with E-state index in [9.17, 15) is 27.9 Å². The normalized spacial score (nSPS) is 11.7. The number of para-hydroxylation sites is 1. The van der Waals surface area contributed by atoms with Crippen molar-refractivity contribution in [3.63, 3.8) is 0 Å². The molecule has 0 aliphatic rings. The number of hydrogen-bond acceptors (Lipinski definition) is 5. The number of rotatable bonds is 2. The first-order valence-corrected chi connectivity index (χ1v) is 8.70. The molecule has 0 bridgehead atoms. The quantitative estimate of drug-likeness (QED) is 0.364. The number of halogens is 3. The van der Waals surface area contributed by atoms with E-state index < -0.39 is 28.9 Å². The molecule has 4 aromatic rings. The number of carbonyl (C=O) groups is 1. The molecule has 5 nitrogen and oxygen atoms in total. The summed E-state index contributed by atoms with van der Waals surface area (Å²) in [5.74, 6) is -1.47. The molecule has 0 atom stereocenters. The highest BCUT2D eigenvalue weighted by atomic mass is 19.4. The van der Waals surface area contributed by atoms with Crippen LogP contribution in [-0.4, -0.2) is 18.2 Å². The van der Waals surface area contributed by atoms with Gasteiger partial charge in [0.1, 0.15) is 22.5 Å². The Bertz CT molecular complexity index is 1350. The summed E-state index contributed by atoms with van der Waals surface area (Å²) in [4.78, 5) is 25.1. The van der Waals surface area contributed by atoms with E-state index in [-0.39, 0.29) is 38.6 Å². The molecule has 0 amide bonds. The van der Waals surface area contributed by atoms with Gasteiger partial charge in [-0.2, -0.15) is 13.2 Å². The lowest BCUT2D eigenvalue weighted by Gasteiger charge is -2.14. The molecule has 1 N–H and O–H groups in total. The van der Waals surface area contributed by atoms with E-state index in [2.05, 4.69) is 4.74 Å². The first-order chi connectivity index (χ1) is 14.2. The average molecular weight is 414 g/mol. The van der Waals surface area contributed by atoms with E-state index in [4.69, 9.17) is 4.42 Å². The lowest BCUT2D eigenvalue weighted by molar-refractivity contribution is -0.137. The van der Waals surface area contributed by atoms with Crippen LogP contribution in [0.5, 0.6) is 5.75 Å². The zero-order chi connectivity index (χ0) is 21.6. The van der Waals surface area contributed by atoms with Crippen molar-refractivity contribution in [1.82, 2.24) is 0 Å². The summed E-state index contributed by atoms with van der Waals surface area (Å²) in [6.45, 7) is 0. The molecule has 8 heteroatoms. The number of phenols is 1. The first kappa shape index (κ1) is 19.5. The molecule has 0 radical (unpaired) electrons. The molecule has 0 spiro atoms. The fourth-order valence-corrected chi connectivity index (χ4v) is 3.29. The summed E-state index contributed by atoms with van der Waals surface area (Å²) < 4.78 is 49.3. The minimum Gasteiger partial charge on any atom is -0.506 e. The minimum absolute atomic E-state index is 0.0122. The number of phenolic OH excluding ortho intramolecular Hbond substituents is 1. The average Bonchev–Trinajstić information content (AvgIpc) is 2.73. The largest absolute Gasteiger partial charge is 0.506 e. The van der Waals surface area contributed by atoms with E-state index in [1.165, 1.54) is 0 Å². The summed E-state index contributed by atoms with van der Waals surface area (Å²) >= 11 is 0. The number of methoxy groups -OCH3 is 1. The molecule has 30 heavy (non-hydrogen) atoms. The van der Waals surface area contributed by atoms with Gasteiger partial charge in [-0.3, -0.25) is 4.79 Å². The second-order valence-electron chi connectivity index (χ2n) is 6.52. The van der Waals surface area contributed by atoms with Crippen LogP contribution in [0.4, 0.5) is 13.2 Å². The second kappa shape index (κ2) is 6.91. The molecule has 4 rings (SSSR count). The van der Waals surface area contributed by atoms with Gasteiger partial charge in [-0.25, -0.2) is 4.79 Å². The number of benzene rings is 3. The van der Waals surface area contributed by atoms with Gasteiger partial charge in [0, 0.05) is 0 Å². The standard InChI is InChI=1S/C22H13F3O5/c1-29-21(28)15-10-14-18(26)13-4-2-3-5-16(13)30-20(14)17(19(15)27)11-6-8-12(9-7-11)22(23,24)25/h2-10,27H,1H3. The summed E-state index contributed by atoms with van der Waals surface area (Å²) in [6, 6.07) is 11.5. The third kappa shape index (κ3) is 3.06. The van der Waals surface area contributed by atoms with Gasteiger partial charge in [0.2, 0.25) is 5.43 Å². The molecule has 1 aromatic heterocycles. The summed E-state index contributed by atoms with van der Waals surface area (Å²) in [5.41, 5.74) is -1.41. The van der Waals surface area contributed by atoms with Crippen molar-refractivity contribution >= 4 is 27.9 Å². The number of fused-ring (bicyclic) bond motifs is 2. The highest BCUT2D eigenvalue weighted by Crippen LogP contribution is 2.40. The summed E-state index contributed by atoms with van der Waals surface area (Å²) in [5, 5.41) is 11.0. The SMILES string of the molecule is COC(=O)c1cc2c(=O)c3ccccc3oc2c(-c2ccc(C(F)(F)F)cc2)c1O. The van der Waals surface area contributed by atoms with Crippen LogP contribution in [0.3, 0.4) is 0 Å². The maximum Gasteiger partial charge on any atom is 0.416 e. The van der Waals surface area contributed by atoms with E-state index in [0.717, 1.165) is 37.4 Å². The fraction of sp³-hybridized carbons (Fsp3) is 0.0909. The second-order valence-corrected chi connectivity index (χ2v) is 6.52. The topological polar surface area (TPSA) is 76.7 Å². The number of ether oxygens (including phenoxy) is 1. The Hall–Kier alpha value is -3.81. The zero-order valence-corrected chi connectivity index (χ0v) is 15.4. The van der Waals surface area contributed by atoms with Crippen molar-refractivity contribution < 1.29 is 32.2 Å². The Kier molecular flexibility index (Phi) is 4.49. The molecule has 0 aliphatic heterocycles. The molecule has 0 fully saturated rings. The highest BCUT2D eigenvalue weighted by Gasteiger charge is 2.30.